The maximum atomic E-state index is 5.48. The van der Waals surface area contributed by atoms with Crippen molar-refractivity contribution in [3.05, 3.63) is 10.9 Å². The molecule has 0 spiro atoms. The second-order valence-electron chi connectivity index (χ2n) is 2.23. The van der Waals surface area contributed by atoms with Crippen molar-refractivity contribution in [2.24, 2.45) is 5.73 Å². The summed E-state index contributed by atoms with van der Waals surface area (Å²) in [6.45, 7) is 0.460. The van der Waals surface area contributed by atoms with Gasteiger partial charge in [-0.3, -0.25) is 0 Å². The standard InChI is InChI=1S/C7H12N2O2S/c1-10-5(4-8)6-3-7(11-2)9-12-6/h3,5H,4,8H2,1-2H3. The van der Waals surface area contributed by atoms with Crippen molar-refractivity contribution in [2.75, 3.05) is 20.8 Å². The summed E-state index contributed by atoms with van der Waals surface area (Å²) in [5, 5.41) is 0. The lowest BCUT2D eigenvalue weighted by Crippen LogP contribution is -2.12. The summed E-state index contributed by atoms with van der Waals surface area (Å²) in [5.74, 6) is 0.616. The molecule has 1 unspecified atom stereocenters. The first kappa shape index (κ1) is 9.44. The number of nitrogens with zero attached hydrogens (tertiary/aromatic N) is 1. The van der Waals surface area contributed by atoms with Gasteiger partial charge < -0.3 is 15.2 Å². The molecule has 0 aromatic carbocycles. The van der Waals surface area contributed by atoms with Crippen LogP contribution < -0.4 is 10.5 Å². The summed E-state index contributed by atoms with van der Waals surface area (Å²) < 4.78 is 14.1. The van der Waals surface area contributed by atoms with Gasteiger partial charge in [0.15, 0.2) is 0 Å². The molecule has 0 aliphatic heterocycles. The number of hydrogen-bond donors (Lipinski definition) is 1. The summed E-state index contributed by atoms with van der Waals surface area (Å²) in [6.07, 6.45) is -0.0635. The van der Waals surface area contributed by atoms with Gasteiger partial charge in [0.1, 0.15) is 6.10 Å². The Hall–Kier alpha value is -0.650. The highest BCUT2D eigenvalue weighted by Gasteiger charge is 2.12. The van der Waals surface area contributed by atoms with Crippen LogP contribution in [0, 0.1) is 0 Å². The Balaban J connectivity index is 2.72. The predicted octanol–water partition coefficient (Wildman–Crippen LogP) is 0.798. The minimum atomic E-state index is -0.0635. The van der Waals surface area contributed by atoms with Crippen molar-refractivity contribution in [3.8, 4) is 5.88 Å². The van der Waals surface area contributed by atoms with Crippen LogP contribution in [0.5, 0.6) is 5.88 Å². The number of aromatic nitrogens is 1. The van der Waals surface area contributed by atoms with Gasteiger partial charge in [0.25, 0.3) is 0 Å². The lowest BCUT2D eigenvalue weighted by molar-refractivity contribution is 0.113. The highest BCUT2D eigenvalue weighted by molar-refractivity contribution is 7.06. The van der Waals surface area contributed by atoms with Gasteiger partial charge in [-0.25, -0.2) is 0 Å². The lowest BCUT2D eigenvalue weighted by atomic mass is 10.3. The van der Waals surface area contributed by atoms with Crippen molar-refractivity contribution in [2.45, 2.75) is 6.10 Å². The molecule has 0 saturated heterocycles. The van der Waals surface area contributed by atoms with Gasteiger partial charge in [0.05, 0.1) is 12.0 Å². The van der Waals surface area contributed by atoms with Crippen LogP contribution >= 0.6 is 11.5 Å². The Morgan fingerprint density at radius 2 is 2.42 bits per heavy atom. The Morgan fingerprint density at radius 3 is 2.83 bits per heavy atom. The molecular formula is C7H12N2O2S. The van der Waals surface area contributed by atoms with Crippen LogP contribution in [0.25, 0.3) is 0 Å². The van der Waals surface area contributed by atoms with Crippen LogP contribution in [0.15, 0.2) is 6.07 Å². The van der Waals surface area contributed by atoms with Crippen LogP contribution in [0.4, 0.5) is 0 Å². The molecule has 4 nitrogen and oxygen atoms in total. The molecule has 2 N–H and O–H groups in total. The van der Waals surface area contributed by atoms with Crippen LogP contribution in [0.2, 0.25) is 0 Å². The summed E-state index contributed by atoms with van der Waals surface area (Å²) in [7, 11) is 3.22. The van der Waals surface area contributed by atoms with Gasteiger partial charge >= 0.3 is 0 Å². The second kappa shape index (κ2) is 4.39. The van der Waals surface area contributed by atoms with Gasteiger partial charge in [0.2, 0.25) is 5.88 Å². The molecule has 0 radical (unpaired) electrons. The van der Waals surface area contributed by atoms with E-state index in [1.165, 1.54) is 11.5 Å². The fourth-order valence-electron chi connectivity index (χ4n) is 0.849. The number of ether oxygens (including phenoxy) is 2. The number of methoxy groups -OCH3 is 2. The molecule has 5 heteroatoms. The minimum Gasteiger partial charge on any atom is -0.480 e. The molecule has 12 heavy (non-hydrogen) atoms. The van der Waals surface area contributed by atoms with Crippen LogP contribution in [-0.4, -0.2) is 25.1 Å². The molecule has 1 aromatic rings. The largest absolute Gasteiger partial charge is 0.480 e. The van der Waals surface area contributed by atoms with Crippen molar-refractivity contribution in [1.29, 1.82) is 0 Å². The highest BCUT2D eigenvalue weighted by Crippen LogP contribution is 2.24. The zero-order chi connectivity index (χ0) is 8.97. The molecule has 0 fully saturated rings. The van der Waals surface area contributed by atoms with E-state index >= 15 is 0 Å². The van der Waals surface area contributed by atoms with E-state index in [1.54, 1.807) is 14.2 Å². The first-order valence-electron chi connectivity index (χ1n) is 3.55. The van der Waals surface area contributed by atoms with Gasteiger partial charge in [-0.05, 0) is 11.5 Å². The molecule has 1 heterocycles. The second-order valence-corrected chi connectivity index (χ2v) is 3.07. The zero-order valence-corrected chi connectivity index (χ0v) is 7.93. The van der Waals surface area contributed by atoms with Crippen molar-refractivity contribution in [3.63, 3.8) is 0 Å². The molecule has 0 aliphatic rings. The Labute approximate surface area is 75.5 Å². The van der Waals surface area contributed by atoms with Crippen LogP contribution in [-0.2, 0) is 4.74 Å². The van der Waals surface area contributed by atoms with Crippen LogP contribution in [0.3, 0.4) is 0 Å². The predicted molar refractivity (Wildman–Crippen MR) is 47.5 cm³/mol. The van der Waals surface area contributed by atoms with Crippen molar-refractivity contribution in [1.82, 2.24) is 4.37 Å². The fourth-order valence-corrected chi connectivity index (χ4v) is 1.63. The van der Waals surface area contributed by atoms with Gasteiger partial charge in [0, 0.05) is 19.7 Å². The number of rotatable bonds is 4. The Kier molecular flexibility index (Phi) is 3.46. The SMILES string of the molecule is COc1cc(C(CN)OC)sn1. The maximum absolute atomic E-state index is 5.48. The molecular weight excluding hydrogens is 176 g/mol. The molecule has 0 amide bonds. The molecule has 1 rings (SSSR count). The summed E-state index contributed by atoms with van der Waals surface area (Å²) in [4.78, 5) is 0.997. The number of hydrogen-bond acceptors (Lipinski definition) is 5. The van der Waals surface area contributed by atoms with E-state index in [1.807, 2.05) is 6.07 Å². The zero-order valence-electron chi connectivity index (χ0n) is 7.11. The third kappa shape index (κ3) is 1.94. The van der Waals surface area contributed by atoms with Crippen LogP contribution in [0.1, 0.15) is 11.0 Å². The van der Waals surface area contributed by atoms with Crippen molar-refractivity contribution >= 4 is 11.5 Å². The normalized spacial score (nSPS) is 12.9. The molecule has 1 aromatic heterocycles. The summed E-state index contributed by atoms with van der Waals surface area (Å²) >= 11 is 1.35. The van der Waals surface area contributed by atoms with Gasteiger partial charge in [-0.1, -0.05) is 0 Å². The van der Waals surface area contributed by atoms with E-state index in [-0.39, 0.29) is 6.10 Å². The monoisotopic (exact) mass is 188 g/mol. The first-order chi connectivity index (χ1) is 5.81. The van der Waals surface area contributed by atoms with E-state index in [2.05, 4.69) is 4.37 Å². The van der Waals surface area contributed by atoms with Gasteiger partial charge in [-0.15, -0.1) is 0 Å². The average molecular weight is 188 g/mol. The molecule has 0 aliphatic carbocycles. The molecule has 1 atom stereocenters. The summed E-state index contributed by atoms with van der Waals surface area (Å²) in [5.41, 5.74) is 5.48. The van der Waals surface area contributed by atoms with E-state index in [0.29, 0.717) is 12.4 Å². The lowest BCUT2D eigenvalue weighted by Gasteiger charge is -2.08. The molecule has 0 bridgehead atoms. The molecule has 0 saturated carbocycles. The highest BCUT2D eigenvalue weighted by atomic mass is 32.1. The van der Waals surface area contributed by atoms with Crippen molar-refractivity contribution < 1.29 is 9.47 Å². The first-order valence-corrected chi connectivity index (χ1v) is 4.32. The third-order valence-electron chi connectivity index (χ3n) is 1.53. The quantitative estimate of drug-likeness (QED) is 0.759. The topological polar surface area (TPSA) is 57.4 Å². The summed E-state index contributed by atoms with van der Waals surface area (Å²) in [6, 6.07) is 1.84. The minimum absolute atomic E-state index is 0.0635. The average Bonchev–Trinajstić information content (AvgIpc) is 2.55. The number of nitrogens with two attached hydrogens (primary N) is 1. The van der Waals surface area contributed by atoms with Gasteiger partial charge in [-0.2, -0.15) is 4.37 Å². The van der Waals surface area contributed by atoms with E-state index in [4.69, 9.17) is 15.2 Å². The Morgan fingerprint density at radius 1 is 1.67 bits per heavy atom. The van der Waals surface area contributed by atoms with E-state index < -0.39 is 0 Å². The third-order valence-corrected chi connectivity index (χ3v) is 2.39. The fraction of sp³-hybridized carbons (Fsp3) is 0.571. The van der Waals surface area contributed by atoms with E-state index in [0.717, 1.165) is 4.88 Å². The smallest absolute Gasteiger partial charge is 0.225 e. The molecule has 68 valence electrons. The Bertz CT molecular complexity index is 235. The maximum Gasteiger partial charge on any atom is 0.225 e. The van der Waals surface area contributed by atoms with E-state index in [9.17, 15) is 0 Å².